The summed E-state index contributed by atoms with van der Waals surface area (Å²) < 4.78 is 10.7. The number of esters is 1. The first-order valence-electron chi connectivity index (χ1n) is 7.44. The Hall–Kier alpha value is -3.34. The molecule has 0 radical (unpaired) electrons. The smallest absolute Gasteiger partial charge is 0.308 e. The first-order chi connectivity index (χ1) is 11.6. The third kappa shape index (κ3) is 2.36. The van der Waals surface area contributed by atoms with E-state index in [9.17, 15) is 9.59 Å². The van der Waals surface area contributed by atoms with Gasteiger partial charge in [-0.2, -0.15) is 0 Å². The molecule has 0 unspecified atom stereocenters. The average Bonchev–Trinajstić information content (AvgIpc) is 3.09. The zero-order chi connectivity index (χ0) is 16.7. The van der Waals surface area contributed by atoms with Crippen molar-refractivity contribution in [2.75, 3.05) is 0 Å². The van der Waals surface area contributed by atoms with Gasteiger partial charge in [0, 0.05) is 35.7 Å². The Balaban J connectivity index is 1.70. The van der Waals surface area contributed by atoms with Crippen molar-refractivity contribution in [3.05, 3.63) is 65.5 Å². The first kappa shape index (κ1) is 14.3. The highest BCUT2D eigenvalue weighted by Crippen LogP contribution is 2.35. The molecule has 5 nitrogen and oxygen atoms in total. The number of hydrogen-bond acceptors (Lipinski definition) is 4. The summed E-state index contributed by atoms with van der Waals surface area (Å²) in [5.74, 6) is 0.375. The topological polar surface area (TPSA) is 68.4 Å². The molecule has 2 heterocycles. The minimum atomic E-state index is -0.422. The summed E-state index contributed by atoms with van der Waals surface area (Å²) >= 11 is 0. The summed E-state index contributed by atoms with van der Waals surface area (Å²) in [5, 5.41) is 1.01. The Labute approximate surface area is 137 Å². The van der Waals surface area contributed by atoms with Gasteiger partial charge in [0.05, 0.1) is 5.56 Å². The summed E-state index contributed by atoms with van der Waals surface area (Å²) in [7, 11) is 0. The van der Waals surface area contributed by atoms with Crippen LogP contribution >= 0.6 is 0 Å². The lowest BCUT2D eigenvalue weighted by Crippen LogP contribution is -2.01. The van der Waals surface area contributed by atoms with Crippen molar-refractivity contribution in [1.29, 1.82) is 0 Å². The van der Waals surface area contributed by atoms with Crippen molar-refractivity contribution in [2.45, 2.75) is 6.92 Å². The summed E-state index contributed by atoms with van der Waals surface area (Å²) in [4.78, 5) is 26.7. The van der Waals surface area contributed by atoms with Crippen LogP contribution in [0.15, 0.2) is 54.4 Å². The van der Waals surface area contributed by atoms with E-state index in [0.717, 1.165) is 16.5 Å². The van der Waals surface area contributed by atoms with Crippen molar-refractivity contribution in [2.24, 2.45) is 0 Å². The second kappa shape index (κ2) is 5.38. The molecular weight excluding hydrogens is 306 g/mol. The molecule has 0 amide bonds. The number of hydrogen-bond donors (Lipinski definition) is 1. The van der Waals surface area contributed by atoms with Crippen molar-refractivity contribution in [1.82, 2.24) is 4.98 Å². The molecule has 0 fully saturated rings. The zero-order valence-electron chi connectivity index (χ0n) is 12.8. The number of aromatic amines is 1. The SMILES string of the molecule is CC(=O)Oc1ccc2c(c1)O/C(=C/c1c[nH]c3ccccc13)C2=O. The molecule has 0 atom stereocenters. The molecule has 1 aliphatic heterocycles. The van der Waals surface area contributed by atoms with Crippen LogP contribution in [0.2, 0.25) is 0 Å². The number of ketones is 1. The highest BCUT2D eigenvalue weighted by Gasteiger charge is 2.28. The predicted molar refractivity (Wildman–Crippen MR) is 89.0 cm³/mol. The molecule has 118 valence electrons. The van der Waals surface area contributed by atoms with Crippen LogP contribution in [0.4, 0.5) is 0 Å². The highest BCUT2D eigenvalue weighted by atomic mass is 16.5. The second-order valence-electron chi connectivity index (χ2n) is 5.48. The van der Waals surface area contributed by atoms with Crippen LogP contribution in [0.1, 0.15) is 22.8 Å². The molecule has 2 aromatic carbocycles. The number of H-pyrrole nitrogens is 1. The largest absolute Gasteiger partial charge is 0.452 e. The second-order valence-corrected chi connectivity index (χ2v) is 5.48. The molecule has 1 aliphatic rings. The average molecular weight is 319 g/mol. The quantitative estimate of drug-likeness (QED) is 0.444. The third-order valence-corrected chi connectivity index (χ3v) is 3.81. The molecule has 0 saturated heterocycles. The van der Waals surface area contributed by atoms with Crippen molar-refractivity contribution in [3.8, 4) is 11.5 Å². The van der Waals surface area contributed by atoms with E-state index >= 15 is 0 Å². The number of ether oxygens (including phenoxy) is 2. The monoisotopic (exact) mass is 319 g/mol. The van der Waals surface area contributed by atoms with Gasteiger partial charge in [-0.1, -0.05) is 18.2 Å². The van der Waals surface area contributed by atoms with E-state index in [1.54, 1.807) is 24.3 Å². The lowest BCUT2D eigenvalue weighted by molar-refractivity contribution is -0.131. The zero-order valence-corrected chi connectivity index (χ0v) is 12.8. The van der Waals surface area contributed by atoms with Gasteiger partial charge in [-0.25, -0.2) is 0 Å². The highest BCUT2D eigenvalue weighted by molar-refractivity contribution is 6.15. The van der Waals surface area contributed by atoms with E-state index in [1.807, 2.05) is 30.5 Å². The first-order valence-corrected chi connectivity index (χ1v) is 7.44. The number of nitrogens with one attached hydrogen (secondary N) is 1. The third-order valence-electron chi connectivity index (χ3n) is 3.81. The van der Waals surface area contributed by atoms with E-state index < -0.39 is 5.97 Å². The Morgan fingerprint density at radius 2 is 2.04 bits per heavy atom. The van der Waals surface area contributed by atoms with E-state index in [1.165, 1.54) is 6.92 Å². The maximum Gasteiger partial charge on any atom is 0.308 e. The number of allylic oxidation sites excluding steroid dienone is 1. The predicted octanol–water partition coefficient (Wildman–Crippen LogP) is 3.71. The van der Waals surface area contributed by atoms with Crippen LogP contribution in [0.5, 0.6) is 11.5 Å². The molecule has 1 N–H and O–H groups in total. The molecule has 0 aliphatic carbocycles. The number of rotatable bonds is 2. The van der Waals surface area contributed by atoms with Gasteiger partial charge in [0.15, 0.2) is 5.76 Å². The van der Waals surface area contributed by atoms with Crippen molar-refractivity contribution in [3.63, 3.8) is 0 Å². The molecule has 4 rings (SSSR count). The maximum absolute atomic E-state index is 12.5. The Bertz CT molecular complexity index is 1010. The van der Waals surface area contributed by atoms with Crippen molar-refractivity contribution >= 4 is 28.7 Å². The van der Waals surface area contributed by atoms with Crippen LogP contribution in [0.3, 0.4) is 0 Å². The summed E-state index contributed by atoms with van der Waals surface area (Å²) in [6, 6.07) is 12.6. The van der Waals surface area contributed by atoms with Crippen LogP contribution in [-0.4, -0.2) is 16.7 Å². The van der Waals surface area contributed by atoms with Crippen LogP contribution in [0.25, 0.3) is 17.0 Å². The number of fused-ring (bicyclic) bond motifs is 2. The molecule has 24 heavy (non-hydrogen) atoms. The van der Waals surface area contributed by atoms with Gasteiger partial charge in [-0.3, -0.25) is 9.59 Å². The van der Waals surface area contributed by atoms with Gasteiger partial charge in [0.1, 0.15) is 11.5 Å². The van der Waals surface area contributed by atoms with Gasteiger partial charge in [0.2, 0.25) is 5.78 Å². The summed E-state index contributed by atoms with van der Waals surface area (Å²) in [5.41, 5.74) is 2.32. The number of Topliss-reactive ketones (excluding diaryl/α,β-unsaturated/α-hetero) is 1. The molecule has 1 aromatic heterocycles. The minimum Gasteiger partial charge on any atom is -0.452 e. The lowest BCUT2D eigenvalue weighted by atomic mass is 10.1. The number of benzene rings is 2. The lowest BCUT2D eigenvalue weighted by Gasteiger charge is -2.02. The molecular formula is C19H13NO4. The van der Waals surface area contributed by atoms with E-state index in [-0.39, 0.29) is 11.5 Å². The molecule has 3 aromatic rings. The molecule has 5 heteroatoms. The number of carbonyl (C=O) groups is 2. The van der Waals surface area contributed by atoms with Crippen LogP contribution in [-0.2, 0) is 4.79 Å². The van der Waals surface area contributed by atoms with Gasteiger partial charge >= 0.3 is 5.97 Å². The maximum atomic E-state index is 12.5. The Kier molecular flexibility index (Phi) is 3.20. The standard InChI is InChI=1S/C19H13NO4/c1-11(21)23-13-6-7-15-17(9-13)24-18(19(15)22)8-12-10-20-16-5-3-2-4-14(12)16/h2-10,20H,1H3/b18-8+. The molecule has 0 spiro atoms. The van der Waals surface area contributed by atoms with E-state index in [0.29, 0.717) is 17.1 Å². The normalized spacial score (nSPS) is 14.7. The van der Waals surface area contributed by atoms with Gasteiger partial charge in [-0.05, 0) is 24.3 Å². The minimum absolute atomic E-state index is 0.190. The van der Waals surface area contributed by atoms with Gasteiger partial charge in [0.25, 0.3) is 0 Å². The summed E-state index contributed by atoms with van der Waals surface area (Å²) in [6.45, 7) is 1.32. The van der Waals surface area contributed by atoms with Crippen LogP contribution in [0, 0.1) is 0 Å². The number of carbonyl (C=O) groups excluding carboxylic acids is 2. The Morgan fingerprint density at radius 1 is 1.21 bits per heavy atom. The number of aromatic nitrogens is 1. The summed E-state index contributed by atoms with van der Waals surface area (Å²) in [6.07, 6.45) is 3.55. The van der Waals surface area contributed by atoms with Crippen molar-refractivity contribution < 1.29 is 19.1 Å². The van der Waals surface area contributed by atoms with E-state index in [4.69, 9.17) is 9.47 Å². The van der Waals surface area contributed by atoms with E-state index in [2.05, 4.69) is 4.98 Å². The fraction of sp³-hybridized carbons (Fsp3) is 0.0526. The fourth-order valence-corrected chi connectivity index (χ4v) is 2.75. The van der Waals surface area contributed by atoms with Gasteiger partial charge in [-0.15, -0.1) is 0 Å². The molecule has 0 bridgehead atoms. The number of para-hydroxylation sites is 1. The molecule has 0 saturated carbocycles. The fourth-order valence-electron chi connectivity index (χ4n) is 2.75. The van der Waals surface area contributed by atoms with Gasteiger partial charge < -0.3 is 14.5 Å². The van der Waals surface area contributed by atoms with Crippen LogP contribution < -0.4 is 9.47 Å². The Morgan fingerprint density at radius 3 is 2.88 bits per heavy atom.